The third kappa shape index (κ3) is 5.40. The number of amides is 1. The van der Waals surface area contributed by atoms with Gasteiger partial charge in [-0.2, -0.15) is 0 Å². The summed E-state index contributed by atoms with van der Waals surface area (Å²) in [6.45, 7) is 4.83. The van der Waals surface area contributed by atoms with Gasteiger partial charge in [-0.05, 0) is 88.6 Å². The van der Waals surface area contributed by atoms with Gasteiger partial charge in [-0.25, -0.2) is 8.42 Å². The Kier molecular flexibility index (Phi) is 7.15. The molecular weight excluding hydrogens is 398 g/mol. The van der Waals surface area contributed by atoms with Gasteiger partial charge in [0.25, 0.3) is 15.9 Å². The van der Waals surface area contributed by atoms with Crippen LogP contribution in [0.1, 0.15) is 35.2 Å². The highest BCUT2D eigenvalue weighted by Crippen LogP contribution is 2.23. The molecule has 1 amide bonds. The Hall–Kier alpha value is -2.38. The molecule has 1 heterocycles. The lowest BCUT2D eigenvalue weighted by molar-refractivity contribution is 0.0949. The summed E-state index contributed by atoms with van der Waals surface area (Å²) >= 11 is 0. The summed E-state index contributed by atoms with van der Waals surface area (Å²) in [7, 11) is 0.0205. The third-order valence-corrected chi connectivity index (χ3v) is 7.65. The lowest BCUT2D eigenvalue weighted by Gasteiger charge is -2.28. The average molecular weight is 430 g/mol. The first-order valence-electron chi connectivity index (χ1n) is 10.4. The van der Waals surface area contributed by atoms with E-state index in [1.165, 1.54) is 24.2 Å². The van der Waals surface area contributed by atoms with E-state index in [1.54, 1.807) is 48.5 Å². The first-order chi connectivity index (χ1) is 14.3. The minimum absolute atomic E-state index is 0.126. The topological polar surface area (TPSA) is 69.7 Å². The van der Waals surface area contributed by atoms with Crippen LogP contribution in [0.25, 0.3) is 0 Å². The zero-order chi connectivity index (χ0) is 21.7. The molecule has 6 nitrogen and oxygen atoms in total. The highest BCUT2D eigenvalue weighted by Gasteiger charge is 2.21. The highest BCUT2D eigenvalue weighted by molar-refractivity contribution is 7.92. The van der Waals surface area contributed by atoms with Crippen molar-refractivity contribution in [3.8, 4) is 0 Å². The monoisotopic (exact) mass is 429 g/mol. The van der Waals surface area contributed by atoms with Crippen molar-refractivity contribution < 1.29 is 13.2 Å². The van der Waals surface area contributed by atoms with Crippen LogP contribution >= 0.6 is 0 Å². The van der Waals surface area contributed by atoms with Gasteiger partial charge in [-0.15, -0.1) is 0 Å². The van der Waals surface area contributed by atoms with Crippen molar-refractivity contribution >= 4 is 21.6 Å². The summed E-state index contributed by atoms with van der Waals surface area (Å²) < 4.78 is 26.9. The van der Waals surface area contributed by atoms with Crippen LogP contribution in [0, 0.1) is 12.8 Å². The Bertz CT molecular complexity index is 948. The lowest BCUT2D eigenvalue weighted by Crippen LogP contribution is -2.32. The minimum Gasteiger partial charge on any atom is -0.352 e. The number of anilines is 1. The molecule has 1 aliphatic heterocycles. The molecular formula is C23H31N3O3S. The molecule has 0 bridgehead atoms. The minimum atomic E-state index is -3.64. The predicted molar refractivity (Wildman–Crippen MR) is 120 cm³/mol. The summed E-state index contributed by atoms with van der Waals surface area (Å²) in [6.07, 6.45) is 3.36. The molecule has 0 radical (unpaired) electrons. The van der Waals surface area contributed by atoms with Crippen molar-refractivity contribution in [2.45, 2.75) is 31.1 Å². The molecule has 0 unspecified atom stereocenters. The Balaban J connectivity index is 1.57. The number of hydrogen-bond acceptors (Lipinski definition) is 4. The Morgan fingerprint density at radius 1 is 1.07 bits per heavy atom. The number of piperidine rings is 1. The Morgan fingerprint density at radius 3 is 2.27 bits per heavy atom. The molecule has 162 valence electrons. The Labute approximate surface area is 179 Å². The van der Waals surface area contributed by atoms with Gasteiger partial charge in [0, 0.05) is 19.2 Å². The van der Waals surface area contributed by atoms with Crippen molar-refractivity contribution in [3.05, 3.63) is 59.7 Å². The zero-order valence-electron chi connectivity index (χ0n) is 18.0. The first-order valence-corrected chi connectivity index (χ1v) is 11.8. The second-order valence-corrected chi connectivity index (χ2v) is 10.1. The van der Waals surface area contributed by atoms with E-state index < -0.39 is 10.0 Å². The van der Waals surface area contributed by atoms with Gasteiger partial charge in [0.2, 0.25) is 0 Å². The maximum absolute atomic E-state index is 12.8. The van der Waals surface area contributed by atoms with E-state index in [4.69, 9.17) is 0 Å². The van der Waals surface area contributed by atoms with Crippen LogP contribution in [0.4, 0.5) is 5.69 Å². The molecule has 0 aliphatic carbocycles. The van der Waals surface area contributed by atoms with E-state index in [1.807, 2.05) is 6.92 Å². The number of aryl methyl sites for hydroxylation is 1. The van der Waals surface area contributed by atoms with Crippen LogP contribution in [-0.4, -0.2) is 53.0 Å². The number of hydrogen-bond donors (Lipinski definition) is 1. The maximum Gasteiger partial charge on any atom is 0.264 e. The van der Waals surface area contributed by atoms with Crippen LogP contribution in [0.15, 0.2) is 53.4 Å². The molecule has 2 aromatic rings. The van der Waals surface area contributed by atoms with E-state index in [2.05, 4.69) is 17.3 Å². The van der Waals surface area contributed by atoms with Crippen LogP contribution < -0.4 is 9.62 Å². The highest BCUT2D eigenvalue weighted by atomic mass is 32.2. The number of carbonyl (C=O) groups is 1. The summed E-state index contributed by atoms with van der Waals surface area (Å²) in [6, 6.07) is 13.4. The smallest absolute Gasteiger partial charge is 0.264 e. The first kappa shape index (κ1) is 22.3. The summed E-state index contributed by atoms with van der Waals surface area (Å²) in [4.78, 5) is 15.0. The average Bonchev–Trinajstić information content (AvgIpc) is 2.75. The summed E-state index contributed by atoms with van der Waals surface area (Å²) in [5.74, 6) is 0.544. The molecule has 30 heavy (non-hydrogen) atoms. The van der Waals surface area contributed by atoms with Crippen LogP contribution in [-0.2, 0) is 10.0 Å². The van der Waals surface area contributed by atoms with Crippen molar-refractivity contribution in [1.82, 2.24) is 10.2 Å². The number of likely N-dealkylation sites (tertiary alicyclic amines) is 1. The molecule has 1 aliphatic rings. The van der Waals surface area contributed by atoms with E-state index in [0.29, 0.717) is 23.7 Å². The van der Waals surface area contributed by atoms with Gasteiger partial charge in [-0.1, -0.05) is 17.7 Å². The van der Waals surface area contributed by atoms with Gasteiger partial charge in [-0.3, -0.25) is 9.10 Å². The van der Waals surface area contributed by atoms with Crippen LogP contribution in [0.2, 0.25) is 0 Å². The number of benzene rings is 2. The fraction of sp³-hybridized carbons (Fsp3) is 0.435. The zero-order valence-corrected chi connectivity index (χ0v) is 18.8. The second kappa shape index (κ2) is 9.62. The summed E-state index contributed by atoms with van der Waals surface area (Å²) in [5.41, 5.74) is 2.05. The summed E-state index contributed by atoms with van der Waals surface area (Å²) in [5, 5.41) is 2.98. The van der Waals surface area contributed by atoms with Crippen molar-refractivity contribution in [2.24, 2.45) is 5.92 Å². The largest absolute Gasteiger partial charge is 0.352 e. The van der Waals surface area contributed by atoms with E-state index >= 15 is 0 Å². The number of sulfonamides is 1. The molecule has 7 heteroatoms. The third-order valence-electron chi connectivity index (χ3n) is 5.85. The van der Waals surface area contributed by atoms with Gasteiger partial charge >= 0.3 is 0 Å². The molecule has 0 spiro atoms. The number of nitrogens with zero attached hydrogens (tertiary/aromatic N) is 2. The van der Waals surface area contributed by atoms with Crippen LogP contribution in [0.3, 0.4) is 0 Å². The standard InChI is InChI=1S/C23H31N3O3S/c1-18-4-10-22(11-5-18)30(28,29)26(3)21-8-6-20(7-9-21)23(27)24-15-12-19-13-16-25(2)17-14-19/h4-11,19H,12-17H2,1-3H3,(H,24,27). The molecule has 3 rings (SSSR count). The molecule has 1 saturated heterocycles. The van der Waals surface area contributed by atoms with Crippen molar-refractivity contribution in [3.63, 3.8) is 0 Å². The van der Waals surface area contributed by atoms with Gasteiger partial charge in [0.1, 0.15) is 0 Å². The van der Waals surface area contributed by atoms with Crippen LogP contribution in [0.5, 0.6) is 0 Å². The lowest BCUT2D eigenvalue weighted by atomic mass is 9.94. The molecule has 0 aromatic heterocycles. The normalized spacial score (nSPS) is 15.7. The second-order valence-electron chi connectivity index (χ2n) is 8.12. The fourth-order valence-electron chi connectivity index (χ4n) is 3.67. The van der Waals surface area contributed by atoms with Crippen molar-refractivity contribution in [1.29, 1.82) is 0 Å². The van der Waals surface area contributed by atoms with E-state index in [-0.39, 0.29) is 10.8 Å². The van der Waals surface area contributed by atoms with E-state index in [9.17, 15) is 13.2 Å². The van der Waals surface area contributed by atoms with E-state index in [0.717, 1.165) is 25.1 Å². The van der Waals surface area contributed by atoms with Gasteiger partial charge in [0.05, 0.1) is 10.6 Å². The van der Waals surface area contributed by atoms with Crippen molar-refractivity contribution in [2.75, 3.05) is 38.0 Å². The fourth-order valence-corrected chi connectivity index (χ4v) is 4.87. The number of carbonyl (C=O) groups excluding carboxylic acids is 1. The molecule has 1 fully saturated rings. The molecule has 0 atom stereocenters. The maximum atomic E-state index is 12.8. The molecule has 2 aromatic carbocycles. The number of rotatable bonds is 7. The number of nitrogens with one attached hydrogen (secondary N) is 1. The SMILES string of the molecule is Cc1ccc(S(=O)(=O)N(C)c2ccc(C(=O)NCCC3CCN(C)CC3)cc2)cc1. The van der Waals surface area contributed by atoms with Gasteiger partial charge in [0.15, 0.2) is 0 Å². The molecule has 1 N–H and O–H groups in total. The Morgan fingerprint density at radius 2 is 1.67 bits per heavy atom. The molecule has 0 saturated carbocycles. The quantitative estimate of drug-likeness (QED) is 0.733. The van der Waals surface area contributed by atoms with Gasteiger partial charge < -0.3 is 10.2 Å². The predicted octanol–water partition coefficient (Wildman–Crippen LogP) is 3.28.